The SMILES string of the molecule is CCc1n[nH]c(=S)n1/N=C\c1c(C)n(Cc2ccc([N+](=O)[O-])cc2)c2ccccc12. The molecule has 0 spiro atoms. The summed E-state index contributed by atoms with van der Waals surface area (Å²) >= 11 is 5.28. The first-order chi connectivity index (χ1) is 14.5. The Morgan fingerprint density at radius 2 is 1.97 bits per heavy atom. The van der Waals surface area contributed by atoms with Gasteiger partial charge in [-0.2, -0.15) is 14.9 Å². The van der Waals surface area contributed by atoms with Crippen LogP contribution in [0.25, 0.3) is 10.9 Å². The fourth-order valence-corrected chi connectivity index (χ4v) is 3.72. The summed E-state index contributed by atoms with van der Waals surface area (Å²) in [6, 6.07) is 14.8. The molecule has 0 amide bonds. The number of benzene rings is 2. The van der Waals surface area contributed by atoms with E-state index in [0.717, 1.165) is 33.5 Å². The summed E-state index contributed by atoms with van der Waals surface area (Å²) in [5.41, 5.74) is 4.19. The number of aryl methyl sites for hydroxylation is 1. The number of H-pyrrole nitrogens is 1. The van der Waals surface area contributed by atoms with Gasteiger partial charge in [0.05, 0.1) is 11.1 Å². The van der Waals surface area contributed by atoms with Crippen molar-refractivity contribution in [2.75, 3.05) is 0 Å². The normalized spacial score (nSPS) is 11.5. The average Bonchev–Trinajstić information content (AvgIpc) is 3.24. The predicted octanol–water partition coefficient (Wildman–Crippen LogP) is 4.60. The van der Waals surface area contributed by atoms with Crippen molar-refractivity contribution in [1.29, 1.82) is 0 Å². The molecule has 0 aliphatic rings. The number of aromatic amines is 1. The van der Waals surface area contributed by atoms with E-state index in [-0.39, 0.29) is 10.6 Å². The highest BCUT2D eigenvalue weighted by atomic mass is 32.1. The van der Waals surface area contributed by atoms with Gasteiger partial charge in [0.1, 0.15) is 0 Å². The van der Waals surface area contributed by atoms with E-state index in [2.05, 4.69) is 32.0 Å². The Labute approximate surface area is 177 Å². The third-order valence-electron chi connectivity index (χ3n) is 5.10. The highest BCUT2D eigenvalue weighted by Gasteiger charge is 2.14. The molecule has 2 heterocycles. The molecule has 0 atom stereocenters. The minimum atomic E-state index is -0.389. The number of rotatable bonds is 6. The van der Waals surface area contributed by atoms with Gasteiger partial charge in [0.2, 0.25) is 4.77 Å². The Morgan fingerprint density at radius 3 is 2.67 bits per heavy atom. The number of fused-ring (bicyclic) bond motifs is 1. The van der Waals surface area contributed by atoms with Crippen molar-refractivity contribution in [1.82, 2.24) is 19.4 Å². The summed E-state index contributed by atoms with van der Waals surface area (Å²) < 4.78 is 4.28. The molecule has 0 saturated heterocycles. The third kappa shape index (κ3) is 3.55. The first-order valence-corrected chi connectivity index (χ1v) is 9.92. The number of nitro groups is 1. The van der Waals surface area contributed by atoms with Gasteiger partial charge in [0.25, 0.3) is 5.69 Å². The van der Waals surface area contributed by atoms with E-state index >= 15 is 0 Å². The largest absolute Gasteiger partial charge is 0.340 e. The lowest BCUT2D eigenvalue weighted by Gasteiger charge is -2.08. The minimum absolute atomic E-state index is 0.0873. The van der Waals surface area contributed by atoms with Crippen LogP contribution < -0.4 is 0 Å². The second kappa shape index (κ2) is 8.03. The molecule has 2 aromatic heterocycles. The van der Waals surface area contributed by atoms with Crippen LogP contribution in [-0.2, 0) is 13.0 Å². The van der Waals surface area contributed by atoms with Crippen molar-refractivity contribution in [3.8, 4) is 0 Å². The number of para-hydroxylation sites is 1. The molecule has 4 rings (SSSR count). The van der Waals surface area contributed by atoms with Gasteiger partial charge in [0.15, 0.2) is 5.82 Å². The first-order valence-electron chi connectivity index (χ1n) is 9.51. The van der Waals surface area contributed by atoms with E-state index in [1.54, 1.807) is 16.8 Å². The molecule has 0 unspecified atom stereocenters. The van der Waals surface area contributed by atoms with Gasteiger partial charge < -0.3 is 4.57 Å². The second-order valence-electron chi connectivity index (χ2n) is 6.88. The van der Waals surface area contributed by atoms with Gasteiger partial charge in [-0.1, -0.05) is 37.3 Å². The van der Waals surface area contributed by atoms with Crippen molar-refractivity contribution in [3.63, 3.8) is 0 Å². The van der Waals surface area contributed by atoms with E-state index in [1.807, 2.05) is 32.2 Å². The Morgan fingerprint density at radius 1 is 1.23 bits per heavy atom. The first kappa shape index (κ1) is 19.7. The standard InChI is InChI=1S/C21H20N6O2S/c1-3-20-23-24-21(30)26(20)22-12-18-14(2)25(19-7-5-4-6-17(18)19)13-15-8-10-16(11-9-15)27(28)29/h4-12H,3,13H2,1-2H3,(H,24,30)/b22-12-. The highest BCUT2D eigenvalue weighted by molar-refractivity contribution is 7.71. The number of nitrogens with one attached hydrogen (secondary N) is 1. The molecule has 0 saturated carbocycles. The number of nitro benzene ring substituents is 1. The van der Waals surface area contributed by atoms with Crippen LogP contribution in [0.15, 0.2) is 53.6 Å². The van der Waals surface area contributed by atoms with Crippen LogP contribution in [0.3, 0.4) is 0 Å². The van der Waals surface area contributed by atoms with Gasteiger partial charge in [-0.15, -0.1) is 0 Å². The summed E-state index contributed by atoms with van der Waals surface area (Å²) in [6.45, 7) is 4.64. The molecule has 2 aromatic carbocycles. The summed E-state index contributed by atoms with van der Waals surface area (Å²) in [7, 11) is 0. The highest BCUT2D eigenvalue weighted by Crippen LogP contribution is 2.26. The van der Waals surface area contributed by atoms with E-state index in [1.165, 1.54) is 12.1 Å². The van der Waals surface area contributed by atoms with Crippen molar-refractivity contribution in [3.05, 3.63) is 86.1 Å². The summed E-state index contributed by atoms with van der Waals surface area (Å²) in [4.78, 5) is 10.5. The Hall–Kier alpha value is -3.59. The van der Waals surface area contributed by atoms with Crippen LogP contribution in [0.2, 0.25) is 0 Å². The van der Waals surface area contributed by atoms with Crippen molar-refractivity contribution in [2.24, 2.45) is 5.10 Å². The summed E-state index contributed by atoms with van der Waals surface area (Å²) in [5, 5.41) is 23.5. The lowest BCUT2D eigenvalue weighted by Crippen LogP contribution is -2.03. The summed E-state index contributed by atoms with van der Waals surface area (Å²) in [6.07, 6.45) is 2.53. The van der Waals surface area contributed by atoms with E-state index in [9.17, 15) is 10.1 Å². The van der Waals surface area contributed by atoms with Crippen LogP contribution in [0.5, 0.6) is 0 Å². The monoisotopic (exact) mass is 420 g/mol. The number of nitrogens with zero attached hydrogens (tertiary/aromatic N) is 5. The molecule has 152 valence electrons. The van der Waals surface area contributed by atoms with E-state index < -0.39 is 0 Å². The minimum Gasteiger partial charge on any atom is -0.340 e. The lowest BCUT2D eigenvalue weighted by atomic mass is 10.1. The zero-order valence-corrected chi connectivity index (χ0v) is 17.4. The maximum absolute atomic E-state index is 10.9. The molecule has 1 N–H and O–H groups in total. The van der Waals surface area contributed by atoms with Gasteiger partial charge in [0, 0.05) is 47.3 Å². The topological polar surface area (TPSA) is 94.0 Å². The van der Waals surface area contributed by atoms with Gasteiger partial charge in [-0.3, -0.25) is 15.2 Å². The fourth-order valence-electron chi connectivity index (χ4n) is 3.52. The smallest absolute Gasteiger partial charge is 0.269 e. The van der Waals surface area contributed by atoms with Gasteiger partial charge in [-0.05, 0) is 30.8 Å². The molecule has 0 aliphatic carbocycles. The molecule has 8 nitrogen and oxygen atoms in total. The number of hydrogen-bond donors (Lipinski definition) is 1. The molecule has 0 radical (unpaired) electrons. The molecular formula is C21H20N6O2S. The van der Waals surface area contributed by atoms with Crippen LogP contribution in [-0.4, -0.2) is 30.6 Å². The number of aromatic nitrogens is 4. The van der Waals surface area contributed by atoms with E-state index in [0.29, 0.717) is 17.7 Å². The second-order valence-corrected chi connectivity index (χ2v) is 7.27. The Kier molecular flexibility index (Phi) is 5.28. The molecule has 9 heteroatoms. The van der Waals surface area contributed by atoms with Gasteiger partial charge >= 0.3 is 0 Å². The maximum Gasteiger partial charge on any atom is 0.269 e. The van der Waals surface area contributed by atoms with Crippen molar-refractivity contribution >= 4 is 35.0 Å². The Bertz CT molecular complexity index is 1310. The molecule has 0 aliphatic heterocycles. The van der Waals surface area contributed by atoms with Gasteiger partial charge in [-0.25, -0.2) is 0 Å². The number of hydrogen-bond acceptors (Lipinski definition) is 5. The number of non-ortho nitro benzene ring substituents is 1. The molecule has 4 aromatic rings. The van der Waals surface area contributed by atoms with Crippen LogP contribution >= 0.6 is 12.2 Å². The average molecular weight is 420 g/mol. The zero-order valence-electron chi connectivity index (χ0n) is 16.6. The lowest BCUT2D eigenvalue weighted by molar-refractivity contribution is -0.384. The predicted molar refractivity (Wildman–Crippen MR) is 119 cm³/mol. The Balaban J connectivity index is 1.76. The quantitative estimate of drug-likeness (QED) is 0.213. The molecule has 0 bridgehead atoms. The zero-order chi connectivity index (χ0) is 21.3. The van der Waals surface area contributed by atoms with E-state index in [4.69, 9.17) is 12.2 Å². The van der Waals surface area contributed by atoms with Crippen molar-refractivity contribution in [2.45, 2.75) is 26.8 Å². The fraction of sp³-hybridized carbons (Fsp3) is 0.190. The van der Waals surface area contributed by atoms with Crippen molar-refractivity contribution < 1.29 is 4.92 Å². The molecule has 0 fully saturated rings. The van der Waals surface area contributed by atoms with Crippen LogP contribution in [0.4, 0.5) is 5.69 Å². The summed E-state index contributed by atoms with van der Waals surface area (Å²) in [5.74, 6) is 0.767. The van der Waals surface area contributed by atoms with Crippen LogP contribution in [0.1, 0.15) is 29.6 Å². The van der Waals surface area contributed by atoms with Crippen LogP contribution in [0, 0.1) is 21.8 Å². The maximum atomic E-state index is 10.9. The third-order valence-corrected chi connectivity index (χ3v) is 5.37. The molecule has 30 heavy (non-hydrogen) atoms. The molecular weight excluding hydrogens is 400 g/mol.